The van der Waals surface area contributed by atoms with Crippen LogP contribution in [0.4, 0.5) is 0 Å². The molecule has 1 aliphatic heterocycles. The van der Waals surface area contributed by atoms with E-state index in [4.69, 9.17) is 0 Å². The van der Waals surface area contributed by atoms with Crippen molar-refractivity contribution in [1.29, 1.82) is 0 Å². The normalized spacial score (nSPS) is 13.0. The van der Waals surface area contributed by atoms with Gasteiger partial charge in [-0.05, 0) is 60.7 Å². The second-order valence-corrected chi connectivity index (χ2v) is 12.3. The fourth-order valence-electron chi connectivity index (χ4n) is 6.73. The van der Waals surface area contributed by atoms with E-state index in [1.807, 2.05) is 0 Å². The molecule has 3 heterocycles. The van der Waals surface area contributed by atoms with Gasteiger partial charge in [-0.25, -0.2) is 0 Å². The largest absolute Gasteiger partial charge is 0.673 e. The Morgan fingerprint density at radius 2 is 0.725 bits per heavy atom. The molecule has 0 radical (unpaired) electrons. The molecule has 2 aromatic heterocycles. The van der Waals surface area contributed by atoms with E-state index in [9.17, 15) is 4.89 Å². The quantitative estimate of drug-likeness (QED) is 0.216. The van der Waals surface area contributed by atoms with Gasteiger partial charge in [0.2, 0.25) is 0 Å². The number of nitrogens with zero attached hydrogens (tertiary/aromatic N) is 2. The molecule has 0 aliphatic carbocycles. The number of fused-ring (bicyclic) bond motifs is 9. The molecule has 6 aromatic carbocycles. The molecule has 0 atom stereocenters. The van der Waals surface area contributed by atoms with E-state index >= 15 is 0 Å². The van der Waals surface area contributed by atoms with Gasteiger partial charge in [0.1, 0.15) is 0 Å². The van der Waals surface area contributed by atoms with Crippen LogP contribution < -0.4 is 15.5 Å². The van der Waals surface area contributed by atoms with Gasteiger partial charge in [0.25, 0.3) is 0 Å². The topological polar surface area (TPSA) is 32.9 Å². The third-order valence-electron chi connectivity index (χ3n) is 8.46. The molecule has 0 saturated carbocycles. The highest BCUT2D eigenvalue weighted by molar-refractivity contribution is 7.67. The van der Waals surface area contributed by atoms with E-state index in [1.54, 1.807) is 0 Å². The Hall–Kier alpha value is -4.69. The van der Waals surface area contributed by atoms with Crippen molar-refractivity contribution < 1.29 is 4.89 Å². The molecule has 0 amide bonds. The van der Waals surface area contributed by atoms with Gasteiger partial charge in [0.05, 0.1) is 32.7 Å². The van der Waals surface area contributed by atoms with Gasteiger partial charge in [0, 0.05) is 52.2 Å². The first kappa shape index (κ1) is 22.2. The molecule has 1 aliphatic rings. The Bertz CT molecular complexity index is 2040. The van der Waals surface area contributed by atoms with Crippen LogP contribution in [0, 0.1) is 0 Å². The highest BCUT2D eigenvalue weighted by Gasteiger charge is 2.31. The van der Waals surface area contributed by atoms with Crippen molar-refractivity contribution in [2.45, 2.75) is 0 Å². The van der Waals surface area contributed by atoms with Crippen molar-refractivity contribution in [2.24, 2.45) is 0 Å². The van der Waals surface area contributed by atoms with Crippen LogP contribution in [0.2, 0.25) is 0 Å². The summed E-state index contributed by atoms with van der Waals surface area (Å²) in [4.78, 5) is 13.7. The highest BCUT2D eigenvalue weighted by atomic mass is 31.1. The van der Waals surface area contributed by atoms with Crippen LogP contribution in [0.15, 0.2) is 133 Å². The number of rotatable bonds is 2. The van der Waals surface area contributed by atoms with Crippen LogP contribution in [0.25, 0.3) is 66.1 Å². The van der Waals surface area contributed by atoms with Crippen molar-refractivity contribution >= 4 is 62.4 Å². The second-order valence-electron chi connectivity index (χ2n) is 10.5. The van der Waals surface area contributed by atoms with E-state index in [2.05, 4.69) is 143 Å². The Kier molecular flexibility index (Phi) is 4.52. The predicted octanol–water partition coefficient (Wildman–Crippen LogP) is 7.30. The van der Waals surface area contributed by atoms with Gasteiger partial charge in [-0.2, -0.15) is 0 Å². The Balaban J connectivity index is 1.29. The van der Waals surface area contributed by atoms with Crippen molar-refractivity contribution in [3.05, 3.63) is 133 Å². The fourth-order valence-corrected chi connectivity index (χ4v) is 8.39. The molecule has 3 nitrogen and oxygen atoms in total. The van der Waals surface area contributed by atoms with Crippen LogP contribution in [0.3, 0.4) is 0 Å². The lowest BCUT2D eigenvalue weighted by Gasteiger charge is -2.11. The molecule has 188 valence electrons. The minimum absolute atomic E-state index is 0.948. The van der Waals surface area contributed by atoms with Crippen LogP contribution in [-0.4, -0.2) is 9.13 Å². The minimum Gasteiger partial charge on any atom is -0.673 e. The van der Waals surface area contributed by atoms with Crippen molar-refractivity contribution in [2.75, 3.05) is 0 Å². The van der Waals surface area contributed by atoms with E-state index in [0.717, 1.165) is 33.1 Å². The zero-order valence-corrected chi connectivity index (χ0v) is 22.5. The predicted molar refractivity (Wildman–Crippen MR) is 168 cm³/mol. The fraction of sp³-hybridized carbons (Fsp3) is 0. The van der Waals surface area contributed by atoms with Crippen LogP contribution in [0.5, 0.6) is 0 Å². The lowest BCUT2D eigenvalue weighted by atomic mass is 10.0. The first-order valence-corrected chi connectivity index (χ1v) is 15.0. The number of benzene rings is 6. The molecular formula is C36H23N2OP. The number of hydrogen-bond acceptors (Lipinski definition) is 1. The Morgan fingerprint density at radius 1 is 0.400 bits per heavy atom. The van der Waals surface area contributed by atoms with Crippen LogP contribution in [-0.2, 0) is 0 Å². The van der Waals surface area contributed by atoms with E-state index < -0.39 is 8.15 Å². The highest BCUT2D eigenvalue weighted by Crippen LogP contribution is 2.43. The van der Waals surface area contributed by atoms with Gasteiger partial charge < -0.3 is 14.0 Å². The maximum Gasteiger partial charge on any atom is 0.0991 e. The van der Waals surface area contributed by atoms with E-state index in [-0.39, 0.29) is 0 Å². The monoisotopic (exact) mass is 530 g/mol. The molecular weight excluding hydrogens is 507 g/mol. The number of hydrogen-bond donors (Lipinski definition) is 0. The summed E-state index contributed by atoms with van der Waals surface area (Å²) < 4.78 is 4.66. The molecule has 0 bridgehead atoms. The number of para-hydroxylation sites is 4. The smallest absolute Gasteiger partial charge is 0.0991 e. The minimum atomic E-state index is -2.08. The lowest BCUT2D eigenvalue weighted by molar-refractivity contribution is -0.152. The summed E-state index contributed by atoms with van der Waals surface area (Å²) in [7, 11) is -2.08. The van der Waals surface area contributed by atoms with Crippen molar-refractivity contribution in [3.8, 4) is 22.5 Å². The maximum atomic E-state index is 13.7. The summed E-state index contributed by atoms with van der Waals surface area (Å²) >= 11 is 0. The summed E-state index contributed by atoms with van der Waals surface area (Å²) in [5.74, 6) is 0. The van der Waals surface area contributed by atoms with Crippen LogP contribution in [0.1, 0.15) is 0 Å². The first-order chi connectivity index (χ1) is 19.8. The first-order valence-electron chi connectivity index (χ1n) is 13.6. The molecule has 0 saturated heterocycles. The molecule has 0 unspecified atom stereocenters. The SMILES string of the molecule is [O-][PH+]1c2ccc(-n3c4ccccc4c4ccccc43)cc2-c2cc(-n3c4ccccc4c4ccccc43)ccc21. The Labute approximate surface area is 232 Å². The second kappa shape index (κ2) is 8.16. The third kappa shape index (κ3) is 2.91. The van der Waals surface area contributed by atoms with Crippen molar-refractivity contribution in [1.82, 2.24) is 9.13 Å². The zero-order chi connectivity index (χ0) is 26.4. The van der Waals surface area contributed by atoms with Crippen molar-refractivity contribution in [3.63, 3.8) is 0 Å². The van der Waals surface area contributed by atoms with Gasteiger partial charge in [-0.1, -0.05) is 72.8 Å². The molecule has 4 heteroatoms. The summed E-state index contributed by atoms with van der Waals surface area (Å²) in [5, 5.41) is 6.85. The van der Waals surface area contributed by atoms with Gasteiger partial charge in [-0.3, -0.25) is 0 Å². The Morgan fingerprint density at radius 3 is 1.07 bits per heavy atom. The molecule has 8 aromatic rings. The van der Waals surface area contributed by atoms with Gasteiger partial charge >= 0.3 is 0 Å². The molecule has 9 rings (SSSR count). The molecule has 40 heavy (non-hydrogen) atoms. The summed E-state index contributed by atoms with van der Waals surface area (Å²) in [5.41, 5.74) is 9.01. The molecule has 0 spiro atoms. The summed E-state index contributed by atoms with van der Waals surface area (Å²) in [6.07, 6.45) is 0. The van der Waals surface area contributed by atoms with Crippen LogP contribution >= 0.6 is 8.15 Å². The van der Waals surface area contributed by atoms with E-state index in [1.165, 1.54) is 43.6 Å². The molecule has 0 N–H and O–H groups in total. The zero-order valence-electron chi connectivity index (χ0n) is 21.5. The average molecular weight is 531 g/mol. The van der Waals surface area contributed by atoms with Gasteiger partial charge in [0.15, 0.2) is 0 Å². The average Bonchev–Trinajstić information content (AvgIpc) is 3.63. The maximum absolute atomic E-state index is 13.7. The van der Waals surface area contributed by atoms with E-state index in [0.29, 0.717) is 0 Å². The summed E-state index contributed by atoms with van der Waals surface area (Å²) in [6.45, 7) is 0. The summed E-state index contributed by atoms with van der Waals surface area (Å²) in [6, 6.07) is 47.1. The lowest BCUT2D eigenvalue weighted by Crippen LogP contribution is -2.15. The number of aromatic nitrogens is 2. The molecule has 0 fully saturated rings. The third-order valence-corrected chi connectivity index (χ3v) is 10.3. The standard InChI is InChI=1S/C36H23N2OP/c39-40-35-19-17-23(37-31-13-5-1-9-25(31)26-10-2-6-14-32(26)37)21-29(35)30-22-24(18-20-36(30)40)38-33-15-7-3-11-27(33)28-12-4-8-16-34(28)38/h1-22,40H. The van der Waals surface area contributed by atoms with Gasteiger partial charge in [-0.15, -0.1) is 0 Å².